The van der Waals surface area contributed by atoms with Gasteiger partial charge in [-0.1, -0.05) is 44.2 Å². The average Bonchev–Trinajstić information content (AvgIpc) is 3.80. The SMILES string of the molecule is CCN(Cc1cc([C@@H]2CCc3ccc([C@H](C4CC4)[C@H](C)C(=O)O)cc3O2)ccc1-c1ccnc(OC)c1)C(C)(C)C. The first-order valence-electron chi connectivity index (χ1n) is 15.0. The highest BCUT2D eigenvalue weighted by atomic mass is 16.5. The number of carboxylic acids is 1. The van der Waals surface area contributed by atoms with Gasteiger partial charge < -0.3 is 14.6 Å². The van der Waals surface area contributed by atoms with Gasteiger partial charge in [-0.25, -0.2) is 4.98 Å². The Kier molecular flexibility index (Phi) is 8.42. The summed E-state index contributed by atoms with van der Waals surface area (Å²) in [6.07, 6.45) is 5.78. The smallest absolute Gasteiger partial charge is 0.306 e. The van der Waals surface area contributed by atoms with E-state index in [-0.39, 0.29) is 17.6 Å². The van der Waals surface area contributed by atoms with E-state index in [0.29, 0.717) is 11.8 Å². The molecule has 3 aromatic rings. The van der Waals surface area contributed by atoms with Crippen LogP contribution in [0.1, 0.15) is 88.2 Å². The number of nitrogens with zero attached hydrogens (tertiary/aromatic N) is 2. The van der Waals surface area contributed by atoms with Crippen molar-refractivity contribution in [2.75, 3.05) is 13.7 Å². The molecule has 2 aliphatic rings. The Balaban J connectivity index is 1.47. The first kappa shape index (κ1) is 29.1. The van der Waals surface area contributed by atoms with E-state index in [1.165, 1.54) is 22.3 Å². The first-order valence-corrected chi connectivity index (χ1v) is 15.0. The molecular formula is C35H44N2O4. The fourth-order valence-corrected chi connectivity index (χ4v) is 6.35. The molecule has 1 aliphatic carbocycles. The van der Waals surface area contributed by atoms with Gasteiger partial charge in [0.15, 0.2) is 0 Å². The summed E-state index contributed by atoms with van der Waals surface area (Å²) in [5.41, 5.74) is 7.00. The maximum atomic E-state index is 11.9. The van der Waals surface area contributed by atoms with Gasteiger partial charge in [-0.05, 0) is 110 Å². The summed E-state index contributed by atoms with van der Waals surface area (Å²) in [5, 5.41) is 9.76. The largest absolute Gasteiger partial charge is 0.485 e. The fourth-order valence-electron chi connectivity index (χ4n) is 6.35. The lowest BCUT2D eigenvalue weighted by molar-refractivity contribution is -0.142. The molecule has 1 N–H and O–H groups in total. The Bertz CT molecular complexity index is 1390. The Morgan fingerprint density at radius 3 is 2.56 bits per heavy atom. The molecule has 0 spiro atoms. The summed E-state index contributed by atoms with van der Waals surface area (Å²) < 4.78 is 12.1. The number of hydrogen-bond acceptors (Lipinski definition) is 5. The van der Waals surface area contributed by atoms with Gasteiger partial charge in [0.2, 0.25) is 5.88 Å². The molecule has 3 atom stereocenters. The fraction of sp³-hybridized carbons (Fsp3) is 0.486. The van der Waals surface area contributed by atoms with Crippen LogP contribution in [0.4, 0.5) is 0 Å². The van der Waals surface area contributed by atoms with E-state index in [2.05, 4.69) is 74.0 Å². The van der Waals surface area contributed by atoms with Crippen LogP contribution in [0.15, 0.2) is 54.7 Å². The Labute approximate surface area is 244 Å². The molecule has 6 nitrogen and oxygen atoms in total. The minimum absolute atomic E-state index is 0.0276. The van der Waals surface area contributed by atoms with E-state index >= 15 is 0 Å². The van der Waals surface area contributed by atoms with Crippen molar-refractivity contribution >= 4 is 5.97 Å². The number of aryl methyl sites for hydroxylation is 1. The molecule has 1 aliphatic heterocycles. The molecule has 0 amide bonds. The molecule has 0 unspecified atom stereocenters. The van der Waals surface area contributed by atoms with Crippen LogP contribution < -0.4 is 9.47 Å². The van der Waals surface area contributed by atoms with Crippen LogP contribution >= 0.6 is 0 Å². The molecule has 1 fully saturated rings. The van der Waals surface area contributed by atoms with E-state index in [0.717, 1.165) is 55.6 Å². The number of aromatic nitrogens is 1. The van der Waals surface area contributed by atoms with E-state index in [1.807, 2.05) is 19.1 Å². The van der Waals surface area contributed by atoms with Crippen molar-refractivity contribution in [1.82, 2.24) is 9.88 Å². The van der Waals surface area contributed by atoms with E-state index in [9.17, 15) is 9.90 Å². The summed E-state index contributed by atoms with van der Waals surface area (Å²) in [6.45, 7) is 12.6. The highest BCUT2D eigenvalue weighted by molar-refractivity contribution is 5.71. The third-order valence-electron chi connectivity index (χ3n) is 8.93. The van der Waals surface area contributed by atoms with E-state index in [4.69, 9.17) is 9.47 Å². The predicted octanol–water partition coefficient (Wildman–Crippen LogP) is 7.66. The Morgan fingerprint density at radius 1 is 1.12 bits per heavy atom. The third kappa shape index (κ3) is 6.43. The molecule has 1 aromatic heterocycles. The quantitative estimate of drug-likeness (QED) is 0.276. The van der Waals surface area contributed by atoms with Gasteiger partial charge in [0.1, 0.15) is 11.9 Å². The normalized spacial score (nSPS) is 18.4. The number of carbonyl (C=O) groups is 1. The number of fused-ring (bicyclic) bond motifs is 1. The molecule has 5 rings (SSSR count). The zero-order chi connectivity index (χ0) is 29.3. The number of methoxy groups -OCH3 is 1. The van der Waals surface area contributed by atoms with E-state index < -0.39 is 11.9 Å². The molecule has 0 radical (unpaired) electrons. The predicted molar refractivity (Wildman–Crippen MR) is 162 cm³/mol. The van der Waals surface area contributed by atoms with Crippen molar-refractivity contribution in [2.24, 2.45) is 11.8 Å². The van der Waals surface area contributed by atoms with Crippen molar-refractivity contribution in [3.63, 3.8) is 0 Å². The summed E-state index contributed by atoms with van der Waals surface area (Å²) in [6, 6.07) is 17.2. The Hall–Kier alpha value is -3.38. The standard InChI is InChI=1S/C35H44N2O4/c1-7-37(35(3,4)5)21-28-18-26(12-14-29(28)25-16-17-36-32(20-25)40-6)30-15-13-23-8-11-27(19-31(23)41-30)33(24-9-10-24)22(2)34(38)39/h8,11-12,14,16-20,22,24,30,33H,7,9-10,13,15,21H2,1-6H3,(H,38,39)/t22-,30-,33-/m0/s1. The summed E-state index contributed by atoms with van der Waals surface area (Å²) in [5.74, 6) is 0.842. The van der Waals surface area contributed by atoms with Gasteiger partial charge in [-0.2, -0.15) is 0 Å². The lowest BCUT2D eigenvalue weighted by Crippen LogP contribution is -2.40. The highest BCUT2D eigenvalue weighted by Gasteiger charge is 2.39. The van der Waals surface area contributed by atoms with Crippen LogP contribution in [-0.4, -0.2) is 40.2 Å². The monoisotopic (exact) mass is 556 g/mol. The highest BCUT2D eigenvalue weighted by Crippen LogP contribution is 2.48. The zero-order valence-corrected chi connectivity index (χ0v) is 25.3. The van der Waals surface area contributed by atoms with Crippen molar-refractivity contribution in [1.29, 1.82) is 0 Å². The number of hydrogen-bond donors (Lipinski definition) is 1. The maximum Gasteiger partial charge on any atom is 0.306 e. The lowest BCUT2D eigenvalue weighted by Gasteiger charge is -2.35. The van der Waals surface area contributed by atoms with Crippen molar-refractivity contribution in [2.45, 2.75) is 84.4 Å². The van der Waals surface area contributed by atoms with Gasteiger partial charge in [-0.15, -0.1) is 0 Å². The van der Waals surface area contributed by atoms with Crippen LogP contribution in [0.25, 0.3) is 11.1 Å². The topological polar surface area (TPSA) is 71.9 Å². The number of pyridine rings is 1. The first-order chi connectivity index (χ1) is 19.6. The maximum absolute atomic E-state index is 11.9. The number of rotatable bonds is 10. The second-order valence-corrected chi connectivity index (χ2v) is 12.7. The molecule has 218 valence electrons. The Morgan fingerprint density at radius 2 is 1.90 bits per heavy atom. The number of aliphatic carboxylic acids is 1. The molecule has 6 heteroatoms. The summed E-state index contributed by atoms with van der Waals surface area (Å²) >= 11 is 0. The van der Waals surface area contributed by atoms with Crippen molar-refractivity contribution in [3.8, 4) is 22.8 Å². The molecular weight excluding hydrogens is 512 g/mol. The van der Waals surface area contributed by atoms with Crippen LogP contribution in [0.5, 0.6) is 11.6 Å². The minimum atomic E-state index is -0.728. The van der Waals surface area contributed by atoms with Gasteiger partial charge in [0.05, 0.1) is 13.0 Å². The third-order valence-corrected chi connectivity index (χ3v) is 8.93. The second kappa shape index (κ2) is 11.8. The van der Waals surface area contributed by atoms with Crippen LogP contribution in [0.2, 0.25) is 0 Å². The molecule has 41 heavy (non-hydrogen) atoms. The van der Waals surface area contributed by atoms with E-state index in [1.54, 1.807) is 13.3 Å². The van der Waals surface area contributed by atoms with Gasteiger partial charge in [-0.3, -0.25) is 9.69 Å². The van der Waals surface area contributed by atoms with Crippen LogP contribution in [0.3, 0.4) is 0 Å². The molecule has 0 bridgehead atoms. The zero-order valence-electron chi connectivity index (χ0n) is 25.3. The average molecular weight is 557 g/mol. The van der Waals surface area contributed by atoms with Gasteiger partial charge in [0, 0.05) is 24.3 Å². The minimum Gasteiger partial charge on any atom is -0.485 e. The lowest BCUT2D eigenvalue weighted by atomic mass is 9.82. The van der Waals surface area contributed by atoms with Crippen molar-refractivity contribution < 1.29 is 19.4 Å². The van der Waals surface area contributed by atoms with Crippen LogP contribution in [0, 0.1) is 11.8 Å². The molecule has 0 saturated heterocycles. The van der Waals surface area contributed by atoms with Crippen molar-refractivity contribution in [3.05, 3.63) is 77.0 Å². The van der Waals surface area contributed by atoms with Gasteiger partial charge in [0.25, 0.3) is 0 Å². The molecule has 2 aromatic carbocycles. The summed E-state index contributed by atoms with van der Waals surface area (Å²) in [4.78, 5) is 18.7. The number of ether oxygens (including phenoxy) is 2. The number of carboxylic acid groups (broad SMARTS) is 1. The van der Waals surface area contributed by atoms with Gasteiger partial charge >= 0.3 is 5.97 Å². The van der Waals surface area contributed by atoms with Crippen LogP contribution in [-0.2, 0) is 17.8 Å². The number of benzene rings is 2. The second-order valence-electron chi connectivity index (χ2n) is 12.7. The summed E-state index contributed by atoms with van der Waals surface area (Å²) in [7, 11) is 1.65. The molecule has 1 saturated carbocycles. The molecule has 2 heterocycles.